The summed E-state index contributed by atoms with van der Waals surface area (Å²) in [5.74, 6) is 1.41. The largest absolute Gasteiger partial charge is 0.369 e. The van der Waals surface area contributed by atoms with Crippen LogP contribution < -0.4 is 5.32 Å². The molecule has 0 bridgehead atoms. The predicted molar refractivity (Wildman–Crippen MR) is 66.7 cm³/mol. The van der Waals surface area contributed by atoms with Gasteiger partial charge in [-0.1, -0.05) is 6.92 Å². The zero-order valence-corrected chi connectivity index (χ0v) is 11.3. The molecule has 2 aliphatic rings. The fourth-order valence-electron chi connectivity index (χ4n) is 3.21. The third-order valence-electron chi connectivity index (χ3n) is 4.42. The minimum Gasteiger partial charge on any atom is -0.369 e. The molecule has 0 saturated carbocycles. The SMILES string of the molecule is CCC1C2CNCC2CN1C(=O)C(C)(C)OC. The molecule has 2 fully saturated rings. The van der Waals surface area contributed by atoms with Gasteiger partial charge in [-0.2, -0.15) is 0 Å². The first kappa shape index (κ1) is 12.8. The molecule has 3 atom stereocenters. The van der Waals surface area contributed by atoms with Gasteiger partial charge in [-0.3, -0.25) is 4.79 Å². The molecule has 4 nitrogen and oxygen atoms in total. The second kappa shape index (κ2) is 4.58. The van der Waals surface area contributed by atoms with E-state index in [1.807, 2.05) is 13.8 Å². The van der Waals surface area contributed by atoms with E-state index in [-0.39, 0.29) is 5.91 Å². The van der Waals surface area contributed by atoms with Gasteiger partial charge >= 0.3 is 0 Å². The number of methoxy groups -OCH3 is 1. The van der Waals surface area contributed by atoms with Crippen LogP contribution in [-0.4, -0.2) is 49.2 Å². The number of carbonyl (C=O) groups excluding carboxylic acids is 1. The fourth-order valence-corrected chi connectivity index (χ4v) is 3.21. The lowest BCUT2D eigenvalue weighted by atomic mass is 9.92. The quantitative estimate of drug-likeness (QED) is 0.796. The summed E-state index contributed by atoms with van der Waals surface area (Å²) in [6, 6.07) is 0.386. The minimum atomic E-state index is -0.695. The van der Waals surface area contributed by atoms with Gasteiger partial charge in [-0.05, 0) is 32.1 Å². The van der Waals surface area contributed by atoms with Crippen molar-refractivity contribution < 1.29 is 9.53 Å². The smallest absolute Gasteiger partial charge is 0.254 e. The molecule has 0 aromatic rings. The lowest BCUT2D eigenvalue weighted by Crippen LogP contribution is -2.50. The van der Waals surface area contributed by atoms with E-state index in [4.69, 9.17) is 4.74 Å². The lowest BCUT2D eigenvalue weighted by molar-refractivity contribution is -0.152. The average molecular weight is 240 g/mol. The van der Waals surface area contributed by atoms with E-state index in [1.165, 1.54) is 0 Å². The van der Waals surface area contributed by atoms with Gasteiger partial charge in [0.05, 0.1) is 0 Å². The van der Waals surface area contributed by atoms with Gasteiger partial charge in [0, 0.05) is 32.8 Å². The van der Waals surface area contributed by atoms with Crippen LogP contribution in [0.15, 0.2) is 0 Å². The van der Waals surface area contributed by atoms with Crippen molar-refractivity contribution in [2.24, 2.45) is 11.8 Å². The number of hydrogen-bond acceptors (Lipinski definition) is 3. The first-order valence-electron chi connectivity index (χ1n) is 6.58. The lowest BCUT2D eigenvalue weighted by Gasteiger charge is -2.33. The Balaban J connectivity index is 2.14. The summed E-state index contributed by atoms with van der Waals surface area (Å²) in [6.45, 7) is 8.88. The highest BCUT2D eigenvalue weighted by atomic mass is 16.5. The summed E-state index contributed by atoms with van der Waals surface area (Å²) in [5.41, 5.74) is -0.695. The zero-order valence-electron chi connectivity index (χ0n) is 11.3. The summed E-state index contributed by atoms with van der Waals surface area (Å²) in [5, 5.41) is 3.43. The molecule has 17 heavy (non-hydrogen) atoms. The van der Waals surface area contributed by atoms with Gasteiger partial charge in [0.25, 0.3) is 5.91 Å². The van der Waals surface area contributed by atoms with E-state index in [9.17, 15) is 4.79 Å². The monoisotopic (exact) mass is 240 g/mol. The Morgan fingerprint density at radius 1 is 1.47 bits per heavy atom. The average Bonchev–Trinajstić information content (AvgIpc) is 2.87. The number of likely N-dealkylation sites (tertiary alicyclic amines) is 1. The number of ether oxygens (including phenoxy) is 1. The van der Waals surface area contributed by atoms with Crippen molar-refractivity contribution >= 4 is 5.91 Å². The van der Waals surface area contributed by atoms with Crippen molar-refractivity contribution in [1.29, 1.82) is 0 Å². The highest BCUT2D eigenvalue weighted by molar-refractivity contribution is 5.85. The second-order valence-corrected chi connectivity index (χ2v) is 5.73. The summed E-state index contributed by atoms with van der Waals surface area (Å²) >= 11 is 0. The number of carbonyl (C=O) groups is 1. The molecule has 1 amide bonds. The van der Waals surface area contributed by atoms with Crippen LogP contribution in [0.2, 0.25) is 0 Å². The van der Waals surface area contributed by atoms with Crippen LogP contribution in [0.5, 0.6) is 0 Å². The van der Waals surface area contributed by atoms with Crippen LogP contribution in [-0.2, 0) is 9.53 Å². The number of nitrogens with one attached hydrogen (secondary N) is 1. The first-order valence-corrected chi connectivity index (χ1v) is 6.58. The molecule has 0 spiro atoms. The molecule has 1 N–H and O–H groups in total. The molecule has 0 aliphatic carbocycles. The zero-order chi connectivity index (χ0) is 12.6. The normalized spacial score (nSPS) is 32.9. The van der Waals surface area contributed by atoms with Crippen LogP contribution in [0.3, 0.4) is 0 Å². The van der Waals surface area contributed by atoms with Gasteiger partial charge in [0.1, 0.15) is 5.60 Å². The summed E-state index contributed by atoms with van der Waals surface area (Å²) in [6.07, 6.45) is 1.04. The van der Waals surface area contributed by atoms with Crippen LogP contribution in [0.4, 0.5) is 0 Å². The molecular formula is C13H24N2O2. The minimum absolute atomic E-state index is 0.140. The molecule has 2 rings (SSSR count). The van der Waals surface area contributed by atoms with E-state index in [0.29, 0.717) is 17.9 Å². The van der Waals surface area contributed by atoms with Gasteiger partial charge in [0.15, 0.2) is 0 Å². The highest BCUT2D eigenvalue weighted by Crippen LogP contribution is 2.35. The Hall–Kier alpha value is -0.610. The van der Waals surface area contributed by atoms with Crippen LogP contribution in [0, 0.1) is 11.8 Å². The van der Waals surface area contributed by atoms with E-state index < -0.39 is 5.60 Å². The van der Waals surface area contributed by atoms with Crippen molar-refractivity contribution in [2.45, 2.75) is 38.8 Å². The van der Waals surface area contributed by atoms with E-state index in [2.05, 4.69) is 17.1 Å². The van der Waals surface area contributed by atoms with Crippen molar-refractivity contribution in [3.05, 3.63) is 0 Å². The Morgan fingerprint density at radius 3 is 2.76 bits per heavy atom. The predicted octanol–water partition coefficient (Wildman–Crippen LogP) is 0.868. The van der Waals surface area contributed by atoms with Crippen LogP contribution >= 0.6 is 0 Å². The highest BCUT2D eigenvalue weighted by Gasteiger charge is 2.47. The second-order valence-electron chi connectivity index (χ2n) is 5.73. The number of rotatable bonds is 3. The molecule has 2 aliphatic heterocycles. The number of nitrogens with zero attached hydrogens (tertiary/aromatic N) is 1. The Kier molecular flexibility index (Phi) is 3.46. The summed E-state index contributed by atoms with van der Waals surface area (Å²) in [4.78, 5) is 14.5. The van der Waals surface area contributed by atoms with Gasteiger partial charge in [0.2, 0.25) is 0 Å². The molecule has 3 unspecified atom stereocenters. The summed E-state index contributed by atoms with van der Waals surface area (Å²) in [7, 11) is 1.61. The van der Waals surface area contributed by atoms with E-state index in [1.54, 1.807) is 7.11 Å². The summed E-state index contributed by atoms with van der Waals surface area (Å²) < 4.78 is 5.32. The maximum Gasteiger partial charge on any atom is 0.254 e. The van der Waals surface area contributed by atoms with Crippen molar-refractivity contribution in [2.75, 3.05) is 26.7 Å². The fraction of sp³-hybridized carbons (Fsp3) is 0.923. The maximum atomic E-state index is 12.5. The number of fused-ring (bicyclic) bond motifs is 1. The van der Waals surface area contributed by atoms with Crippen LogP contribution in [0.1, 0.15) is 27.2 Å². The third-order valence-corrected chi connectivity index (χ3v) is 4.42. The molecule has 0 aromatic carbocycles. The topological polar surface area (TPSA) is 41.6 Å². The van der Waals surface area contributed by atoms with Crippen molar-refractivity contribution in [3.63, 3.8) is 0 Å². The Labute approximate surface area is 104 Å². The molecule has 2 heterocycles. The van der Waals surface area contributed by atoms with E-state index in [0.717, 1.165) is 26.1 Å². The van der Waals surface area contributed by atoms with Crippen LogP contribution in [0.25, 0.3) is 0 Å². The molecule has 0 radical (unpaired) electrons. The third kappa shape index (κ3) is 2.08. The molecular weight excluding hydrogens is 216 g/mol. The van der Waals surface area contributed by atoms with Crippen molar-refractivity contribution in [1.82, 2.24) is 10.2 Å². The van der Waals surface area contributed by atoms with Crippen molar-refractivity contribution in [3.8, 4) is 0 Å². The molecule has 98 valence electrons. The maximum absolute atomic E-state index is 12.5. The molecule has 0 aromatic heterocycles. The molecule has 2 saturated heterocycles. The van der Waals surface area contributed by atoms with Gasteiger partial charge in [-0.25, -0.2) is 0 Å². The van der Waals surface area contributed by atoms with Gasteiger partial charge in [-0.15, -0.1) is 0 Å². The van der Waals surface area contributed by atoms with E-state index >= 15 is 0 Å². The Morgan fingerprint density at radius 2 is 2.18 bits per heavy atom. The van der Waals surface area contributed by atoms with Gasteiger partial charge < -0.3 is 15.0 Å². The molecule has 4 heteroatoms. The number of hydrogen-bond donors (Lipinski definition) is 1. The number of amides is 1. The first-order chi connectivity index (χ1) is 8.01. The standard InChI is InChI=1S/C13H24N2O2/c1-5-11-10-7-14-6-9(10)8-15(11)12(16)13(2,3)17-4/h9-11,14H,5-8H2,1-4H3. The Bertz CT molecular complexity index is 304.